The maximum atomic E-state index is 9.63. The summed E-state index contributed by atoms with van der Waals surface area (Å²) in [6.45, 7) is 3.50. The summed E-state index contributed by atoms with van der Waals surface area (Å²) in [7, 11) is 0. The molecule has 4 N–H and O–H groups in total. The topological polar surface area (TPSA) is 90.2 Å². The van der Waals surface area contributed by atoms with Crippen LogP contribution in [0.3, 0.4) is 0 Å². The molecule has 0 aromatic heterocycles. The number of aliphatic hydroxyl groups is 4. The van der Waals surface area contributed by atoms with E-state index in [1.165, 1.54) is 11.8 Å². The minimum Gasteiger partial charge on any atom is -0.394 e. The lowest BCUT2D eigenvalue weighted by molar-refractivity contribution is -0.205. The van der Waals surface area contributed by atoms with Crippen LogP contribution in [0.4, 0.5) is 0 Å². The molecular formula is C9H18O5S. The summed E-state index contributed by atoms with van der Waals surface area (Å²) in [5, 5.41) is 37.8. The van der Waals surface area contributed by atoms with Crippen LogP contribution in [0.5, 0.6) is 0 Å². The van der Waals surface area contributed by atoms with Gasteiger partial charge in [0.05, 0.1) is 6.61 Å². The molecule has 1 heterocycles. The Kier molecular flexibility index (Phi) is 4.82. The lowest BCUT2D eigenvalue weighted by Crippen LogP contribution is -2.57. The first-order chi connectivity index (χ1) is 6.97. The predicted octanol–water partition coefficient (Wildman–Crippen LogP) is -1.07. The van der Waals surface area contributed by atoms with Crippen LogP contribution in [0.15, 0.2) is 0 Å². The molecule has 0 radical (unpaired) electrons. The number of ether oxygens (including phenoxy) is 1. The Bertz CT molecular complexity index is 199. The summed E-state index contributed by atoms with van der Waals surface area (Å²) in [5.74, 6) is 0. The second kappa shape index (κ2) is 5.47. The van der Waals surface area contributed by atoms with Crippen molar-refractivity contribution in [3.63, 3.8) is 0 Å². The smallest absolute Gasteiger partial charge is 0.132 e. The van der Waals surface area contributed by atoms with Crippen LogP contribution in [-0.4, -0.2) is 62.1 Å². The fourth-order valence-corrected chi connectivity index (χ4v) is 2.51. The van der Waals surface area contributed by atoms with Crippen molar-refractivity contribution in [3.8, 4) is 0 Å². The van der Waals surface area contributed by atoms with Gasteiger partial charge in [0.2, 0.25) is 0 Å². The molecule has 0 bridgehead atoms. The molecule has 0 aromatic rings. The zero-order valence-electron chi connectivity index (χ0n) is 8.78. The normalized spacial score (nSPS) is 42.2. The van der Waals surface area contributed by atoms with Crippen LogP contribution < -0.4 is 0 Å². The van der Waals surface area contributed by atoms with Crippen molar-refractivity contribution in [3.05, 3.63) is 0 Å². The second-order valence-corrected chi connectivity index (χ2v) is 5.56. The molecule has 0 spiro atoms. The molecule has 5 nitrogen and oxygen atoms in total. The summed E-state index contributed by atoms with van der Waals surface area (Å²) >= 11 is 1.35. The van der Waals surface area contributed by atoms with Crippen LogP contribution in [0, 0.1) is 0 Å². The van der Waals surface area contributed by atoms with Crippen LogP contribution in [0.2, 0.25) is 0 Å². The summed E-state index contributed by atoms with van der Waals surface area (Å²) in [5.41, 5.74) is -0.611. The van der Waals surface area contributed by atoms with E-state index in [9.17, 15) is 15.3 Å². The van der Waals surface area contributed by atoms with Crippen molar-refractivity contribution in [1.82, 2.24) is 0 Å². The third-order valence-electron chi connectivity index (χ3n) is 2.25. The fourth-order valence-electron chi connectivity index (χ4n) is 1.45. The number of hydrogen-bond acceptors (Lipinski definition) is 6. The highest BCUT2D eigenvalue weighted by atomic mass is 32.2. The quantitative estimate of drug-likeness (QED) is 0.500. The molecule has 15 heavy (non-hydrogen) atoms. The number of thioether (sulfide) groups is 1. The van der Waals surface area contributed by atoms with E-state index in [-0.39, 0.29) is 11.9 Å². The largest absolute Gasteiger partial charge is 0.394 e. The van der Waals surface area contributed by atoms with E-state index in [1.807, 2.05) is 13.8 Å². The van der Waals surface area contributed by atoms with E-state index < -0.39 is 29.9 Å². The average molecular weight is 238 g/mol. The standard InChI is InChI=1S/C9H18O5S/c1-4(2)15-9-8(13)7(12)6(11)5(3-10)14-9/h4-13H,3H2,1-2H3/t5-,6-,7+,8-,9-/m0/s1. The Hall–Kier alpha value is 0.150. The molecule has 0 saturated carbocycles. The molecule has 6 heteroatoms. The number of aliphatic hydroxyl groups excluding tert-OH is 4. The van der Waals surface area contributed by atoms with Crippen molar-refractivity contribution < 1.29 is 25.2 Å². The predicted molar refractivity (Wildman–Crippen MR) is 56.5 cm³/mol. The first-order valence-electron chi connectivity index (χ1n) is 4.93. The van der Waals surface area contributed by atoms with Gasteiger partial charge in [0.25, 0.3) is 0 Å². The highest BCUT2D eigenvalue weighted by molar-refractivity contribution is 8.00. The van der Waals surface area contributed by atoms with Crippen LogP contribution in [-0.2, 0) is 4.74 Å². The zero-order valence-corrected chi connectivity index (χ0v) is 9.59. The molecule has 1 aliphatic rings. The number of hydrogen-bond donors (Lipinski definition) is 4. The van der Waals surface area contributed by atoms with Gasteiger partial charge >= 0.3 is 0 Å². The lowest BCUT2D eigenvalue weighted by Gasteiger charge is -2.40. The monoisotopic (exact) mass is 238 g/mol. The first kappa shape index (κ1) is 13.2. The van der Waals surface area contributed by atoms with Crippen molar-refractivity contribution in [2.75, 3.05) is 6.61 Å². The highest BCUT2D eigenvalue weighted by Crippen LogP contribution is 2.30. The molecule has 1 fully saturated rings. The summed E-state index contributed by atoms with van der Waals surface area (Å²) < 4.78 is 5.29. The summed E-state index contributed by atoms with van der Waals surface area (Å²) in [6, 6.07) is 0. The Morgan fingerprint density at radius 2 is 1.73 bits per heavy atom. The van der Waals surface area contributed by atoms with Crippen LogP contribution in [0.1, 0.15) is 13.8 Å². The van der Waals surface area contributed by atoms with E-state index in [2.05, 4.69) is 0 Å². The van der Waals surface area contributed by atoms with Gasteiger partial charge in [0.15, 0.2) is 0 Å². The van der Waals surface area contributed by atoms with Crippen molar-refractivity contribution >= 4 is 11.8 Å². The van der Waals surface area contributed by atoms with E-state index >= 15 is 0 Å². The van der Waals surface area contributed by atoms with E-state index in [0.717, 1.165) is 0 Å². The molecule has 90 valence electrons. The molecule has 0 aromatic carbocycles. The molecule has 1 aliphatic heterocycles. The van der Waals surface area contributed by atoms with Gasteiger partial charge in [-0.15, -0.1) is 11.8 Å². The van der Waals surface area contributed by atoms with Gasteiger partial charge in [0.1, 0.15) is 29.9 Å². The molecule has 1 saturated heterocycles. The van der Waals surface area contributed by atoms with Crippen molar-refractivity contribution in [2.45, 2.75) is 48.9 Å². The molecule has 0 unspecified atom stereocenters. The van der Waals surface area contributed by atoms with Gasteiger partial charge in [-0.2, -0.15) is 0 Å². The number of rotatable bonds is 3. The first-order valence-corrected chi connectivity index (χ1v) is 5.87. The van der Waals surface area contributed by atoms with Gasteiger partial charge < -0.3 is 25.2 Å². The summed E-state index contributed by atoms with van der Waals surface area (Å²) in [4.78, 5) is 0. The minimum absolute atomic E-state index is 0.228. The van der Waals surface area contributed by atoms with E-state index in [0.29, 0.717) is 0 Å². The molecule has 0 amide bonds. The Balaban J connectivity index is 2.65. The zero-order chi connectivity index (χ0) is 11.6. The molecular weight excluding hydrogens is 220 g/mol. The van der Waals surface area contributed by atoms with Crippen molar-refractivity contribution in [2.24, 2.45) is 0 Å². The fraction of sp³-hybridized carbons (Fsp3) is 1.00. The van der Waals surface area contributed by atoms with Gasteiger partial charge in [-0.3, -0.25) is 0 Å². The van der Waals surface area contributed by atoms with E-state index in [1.54, 1.807) is 0 Å². The molecule has 1 rings (SSSR count). The van der Waals surface area contributed by atoms with Gasteiger partial charge in [-0.1, -0.05) is 13.8 Å². The summed E-state index contributed by atoms with van der Waals surface area (Å²) in [6.07, 6.45) is -4.48. The lowest BCUT2D eigenvalue weighted by atomic mass is 10.0. The average Bonchev–Trinajstić information content (AvgIpc) is 2.18. The highest BCUT2D eigenvalue weighted by Gasteiger charge is 2.43. The molecule has 0 aliphatic carbocycles. The second-order valence-electron chi connectivity index (χ2n) is 3.88. The minimum atomic E-state index is -1.27. The Labute approximate surface area is 93.1 Å². The SMILES string of the molecule is CC(C)S[C@@H]1O[C@@H](CO)[C@H](O)[C@@H](O)[C@@H]1O. The van der Waals surface area contributed by atoms with Crippen LogP contribution in [0.25, 0.3) is 0 Å². The Morgan fingerprint density at radius 1 is 1.13 bits per heavy atom. The van der Waals surface area contributed by atoms with Gasteiger partial charge in [-0.05, 0) is 0 Å². The van der Waals surface area contributed by atoms with Crippen LogP contribution >= 0.6 is 11.8 Å². The van der Waals surface area contributed by atoms with Crippen molar-refractivity contribution in [1.29, 1.82) is 0 Å². The third kappa shape index (κ3) is 3.05. The van der Waals surface area contributed by atoms with E-state index in [4.69, 9.17) is 9.84 Å². The Morgan fingerprint density at radius 3 is 2.20 bits per heavy atom. The van der Waals surface area contributed by atoms with Gasteiger partial charge in [0, 0.05) is 5.25 Å². The maximum absolute atomic E-state index is 9.63. The molecule has 5 atom stereocenters. The van der Waals surface area contributed by atoms with Gasteiger partial charge in [-0.25, -0.2) is 0 Å². The maximum Gasteiger partial charge on any atom is 0.132 e. The third-order valence-corrected chi connectivity index (χ3v) is 3.46.